The maximum atomic E-state index is 13.1. The predicted octanol–water partition coefficient (Wildman–Crippen LogP) is 4.45. The molecule has 26 heavy (non-hydrogen) atoms. The van der Waals surface area contributed by atoms with E-state index in [2.05, 4.69) is 0 Å². The highest BCUT2D eigenvalue weighted by atomic mass is 16.5. The minimum Gasteiger partial charge on any atom is -0.539 e. The van der Waals surface area contributed by atoms with Crippen LogP contribution in [-0.2, 0) is 14.2 Å². The Bertz CT molecular complexity index is 568. The first kappa shape index (κ1) is 17.3. The van der Waals surface area contributed by atoms with E-state index in [9.17, 15) is 9.59 Å². The molecule has 0 heterocycles. The lowest BCUT2D eigenvalue weighted by Crippen LogP contribution is -2.50. The summed E-state index contributed by atoms with van der Waals surface area (Å²) in [6, 6.07) is 0. The Kier molecular flexibility index (Phi) is 4.44. The summed E-state index contributed by atoms with van der Waals surface area (Å²) in [6.45, 7) is 0. The lowest BCUT2D eigenvalue weighted by Gasteiger charge is -2.52. The third-order valence-corrected chi connectivity index (χ3v) is 8.98. The van der Waals surface area contributed by atoms with Crippen LogP contribution in [0.25, 0.3) is 0 Å². The smallest absolute Gasteiger partial charge is 0.347 e. The molecule has 6 atom stereocenters. The fraction of sp³-hybridized carbons (Fsp3) is 0.909. The van der Waals surface area contributed by atoms with Gasteiger partial charge in [-0.15, -0.1) is 0 Å². The summed E-state index contributed by atoms with van der Waals surface area (Å²) < 4.78 is 6.02. The molecular weight excluding hydrogens is 323 g/mol. The maximum absolute atomic E-state index is 13.1. The maximum Gasteiger partial charge on any atom is 0.347 e. The summed E-state index contributed by atoms with van der Waals surface area (Å²) >= 11 is 0. The second-order valence-electron chi connectivity index (χ2n) is 10.2. The molecule has 0 saturated heterocycles. The van der Waals surface area contributed by atoms with Crippen LogP contribution in [0, 0.1) is 35.0 Å². The zero-order valence-corrected chi connectivity index (χ0v) is 16.1. The number of Topliss-reactive ketones (excluding diaryl/α,β-unsaturated/α-hetero) is 1. The van der Waals surface area contributed by atoms with E-state index in [0.717, 1.165) is 69.6 Å². The van der Waals surface area contributed by atoms with Crippen LogP contribution < -0.4 is 0 Å². The highest BCUT2D eigenvalue weighted by Crippen LogP contribution is 2.66. The Hall–Kier alpha value is -0.795. The average Bonchev–Trinajstić information content (AvgIpc) is 3.00. The molecule has 0 N–H and O–H groups in total. The normalized spacial score (nSPS) is 47.2. The van der Waals surface area contributed by atoms with E-state index in [1.165, 1.54) is 25.7 Å². The molecule has 6 fully saturated rings. The van der Waals surface area contributed by atoms with Crippen LogP contribution in [0.5, 0.6) is 0 Å². The molecule has 4 heteroatoms. The van der Waals surface area contributed by atoms with Gasteiger partial charge in [0.25, 0.3) is 5.97 Å². The van der Waals surface area contributed by atoms with Crippen molar-refractivity contribution in [3.63, 3.8) is 0 Å². The van der Waals surface area contributed by atoms with E-state index < -0.39 is 0 Å². The van der Waals surface area contributed by atoms with Gasteiger partial charge in [0.2, 0.25) is 0 Å². The van der Waals surface area contributed by atoms with Crippen molar-refractivity contribution < 1.29 is 14.2 Å². The molecule has 6 aliphatic carbocycles. The molecule has 0 aromatic carbocycles. The third-order valence-electron chi connectivity index (χ3n) is 8.98. The van der Waals surface area contributed by atoms with Gasteiger partial charge in [-0.05, 0) is 68.5 Å². The molecule has 3 nitrogen and oxygen atoms in total. The van der Waals surface area contributed by atoms with Crippen molar-refractivity contribution in [2.24, 2.45) is 35.0 Å². The van der Waals surface area contributed by atoms with E-state index >= 15 is 0 Å². The van der Waals surface area contributed by atoms with Crippen LogP contribution in [0.4, 0.5) is 0 Å². The van der Waals surface area contributed by atoms with E-state index in [1.807, 2.05) is 0 Å². The van der Waals surface area contributed by atoms with Gasteiger partial charge in [-0.3, -0.25) is 9.59 Å². The van der Waals surface area contributed by atoms with Crippen molar-refractivity contribution in [3.8, 4) is 0 Å². The van der Waals surface area contributed by atoms with Crippen LogP contribution in [-0.4, -0.2) is 19.2 Å². The van der Waals surface area contributed by atoms with Gasteiger partial charge in [-0.1, -0.05) is 38.5 Å². The molecule has 0 spiro atoms. The standard InChI is InChI=1S/C22H33BO3/c24-20-16-4-1-7-18(8-2-5-17(20)13-16)23-26-21(25)22-10-3-6-14-12-15(9-11-22)19(14)22/h14-19,23H,1-13H2. The minimum atomic E-state index is -0.101. The Morgan fingerprint density at radius 3 is 2.35 bits per heavy atom. The topological polar surface area (TPSA) is 43.4 Å². The quantitative estimate of drug-likeness (QED) is 0.702. The van der Waals surface area contributed by atoms with E-state index in [4.69, 9.17) is 4.65 Å². The number of carbonyl (C=O) groups excluding carboxylic acids is 2. The van der Waals surface area contributed by atoms with Crippen molar-refractivity contribution in [1.82, 2.24) is 0 Å². The highest BCUT2D eigenvalue weighted by Gasteiger charge is 2.63. The van der Waals surface area contributed by atoms with Crippen LogP contribution in [0.3, 0.4) is 0 Å². The lowest BCUT2D eigenvalue weighted by atomic mass is 9.52. The Morgan fingerprint density at radius 2 is 1.62 bits per heavy atom. The zero-order chi connectivity index (χ0) is 17.7. The molecule has 142 valence electrons. The molecule has 0 aromatic rings. The summed E-state index contributed by atoms with van der Waals surface area (Å²) in [5.41, 5.74) is -0.101. The molecule has 0 aliphatic heterocycles. The summed E-state index contributed by atoms with van der Waals surface area (Å²) in [5, 5.41) is 0. The zero-order valence-electron chi connectivity index (χ0n) is 16.1. The molecule has 6 rings (SSSR count). The number of ketones is 1. The van der Waals surface area contributed by atoms with Crippen LogP contribution >= 0.6 is 0 Å². The number of carbonyl (C=O) groups is 2. The molecule has 2 bridgehead atoms. The SMILES string of the molecule is O=C1C2CCCC(BOC(=O)C34CCCC5CC(CC3)C54)CCCC1C2. The summed E-state index contributed by atoms with van der Waals surface area (Å²) in [5.74, 6) is 4.22. The monoisotopic (exact) mass is 356 g/mol. The number of fused-ring (bicyclic) bond motifs is 6. The van der Waals surface area contributed by atoms with Gasteiger partial charge < -0.3 is 4.65 Å². The van der Waals surface area contributed by atoms with Crippen molar-refractivity contribution >= 4 is 19.2 Å². The van der Waals surface area contributed by atoms with E-state index in [1.54, 1.807) is 0 Å². The fourth-order valence-electron chi connectivity index (χ4n) is 7.51. The second kappa shape index (κ2) is 6.67. The summed E-state index contributed by atoms with van der Waals surface area (Å²) in [7, 11) is 0.631. The Morgan fingerprint density at radius 1 is 0.885 bits per heavy atom. The van der Waals surface area contributed by atoms with Gasteiger partial charge >= 0.3 is 7.48 Å². The molecule has 6 aliphatic rings. The van der Waals surface area contributed by atoms with Crippen LogP contribution in [0.1, 0.15) is 83.5 Å². The first-order valence-corrected chi connectivity index (χ1v) is 11.4. The second-order valence-corrected chi connectivity index (χ2v) is 10.2. The van der Waals surface area contributed by atoms with Crippen molar-refractivity contribution in [2.45, 2.75) is 89.3 Å². The van der Waals surface area contributed by atoms with Crippen LogP contribution in [0.2, 0.25) is 5.82 Å². The van der Waals surface area contributed by atoms with Gasteiger partial charge in [0.1, 0.15) is 5.78 Å². The lowest BCUT2D eigenvalue weighted by molar-refractivity contribution is -0.158. The van der Waals surface area contributed by atoms with Gasteiger partial charge in [0.05, 0.1) is 5.41 Å². The number of hydrogen-bond donors (Lipinski definition) is 0. The molecule has 6 saturated carbocycles. The van der Waals surface area contributed by atoms with E-state index in [-0.39, 0.29) is 11.4 Å². The first-order chi connectivity index (χ1) is 12.7. The summed E-state index contributed by atoms with van der Waals surface area (Å²) in [4.78, 5) is 25.1. The van der Waals surface area contributed by atoms with Gasteiger partial charge in [0.15, 0.2) is 0 Å². The van der Waals surface area contributed by atoms with Crippen LogP contribution in [0.15, 0.2) is 0 Å². The van der Waals surface area contributed by atoms with Crippen molar-refractivity contribution in [2.75, 3.05) is 0 Å². The molecular formula is C22H33BO3. The molecule has 0 aromatic heterocycles. The van der Waals surface area contributed by atoms with E-state index in [0.29, 0.717) is 36.8 Å². The first-order valence-electron chi connectivity index (χ1n) is 11.4. The summed E-state index contributed by atoms with van der Waals surface area (Å²) in [6.07, 6.45) is 15.2. The highest BCUT2D eigenvalue weighted by molar-refractivity contribution is 6.32. The van der Waals surface area contributed by atoms with Gasteiger partial charge in [-0.2, -0.15) is 0 Å². The van der Waals surface area contributed by atoms with Crippen molar-refractivity contribution in [3.05, 3.63) is 0 Å². The minimum absolute atomic E-state index is 0.101. The fourth-order valence-corrected chi connectivity index (χ4v) is 7.51. The third kappa shape index (κ3) is 2.69. The van der Waals surface area contributed by atoms with Gasteiger partial charge in [-0.25, -0.2) is 0 Å². The largest absolute Gasteiger partial charge is 0.539 e. The van der Waals surface area contributed by atoms with Crippen molar-refractivity contribution in [1.29, 1.82) is 0 Å². The Balaban J connectivity index is 1.17. The molecule has 0 amide bonds. The molecule has 0 radical (unpaired) electrons. The number of rotatable bonds is 3. The number of hydrogen-bond acceptors (Lipinski definition) is 3. The van der Waals surface area contributed by atoms with Gasteiger partial charge in [0, 0.05) is 11.8 Å². The predicted molar refractivity (Wildman–Crippen MR) is 102 cm³/mol. The average molecular weight is 356 g/mol. The Labute approximate surface area is 158 Å². The molecule has 6 unspecified atom stereocenters.